The lowest BCUT2D eigenvalue weighted by atomic mass is 10.1. The molecule has 3 N–H and O–H groups in total. The van der Waals surface area contributed by atoms with E-state index in [9.17, 15) is 13.2 Å². The summed E-state index contributed by atoms with van der Waals surface area (Å²) < 4.78 is 24.1. The monoisotopic (exact) mass is 418 g/mol. The third-order valence-electron chi connectivity index (χ3n) is 3.86. The number of hydrogen-bond acceptors (Lipinski definition) is 7. The highest BCUT2D eigenvalue weighted by Gasteiger charge is 2.24. The number of nitrogens with one attached hydrogen (secondary N) is 1. The van der Waals surface area contributed by atoms with Gasteiger partial charge in [0, 0.05) is 13.6 Å². The molecule has 0 aliphatic rings. The van der Waals surface area contributed by atoms with E-state index in [-0.39, 0.29) is 17.3 Å². The van der Waals surface area contributed by atoms with Crippen molar-refractivity contribution in [2.24, 2.45) is 12.2 Å². The number of carbonyl (C=O) groups excluding carboxylic acids is 1. The fraction of sp³-hybridized carbons (Fsp3) is 0.176. The molecule has 0 saturated heterocycles. The summed E-state index contributed by atoms with van der Waals surface area (Å²) in [5.74, 6) is -0.213. The topological polar surface area (TPSA) is 133 Å². The first-order valence-corrected chi connectivity index (χ1v) is 10.6. The Kier molecular flexibility index (Phi) is 6.07. The maximum Gasteiger partial charge on any atom is 0.238 e. The molecule has 1 atom stereocenters. The van der Waals surface area contributed by atoms with Gasteiger partial charge in [-0.25, -0.2) is 18.2 Å². The molecular formula is C17H18N6O3S2. The van der Waals surface area contributed by atoms with Gasteiger partial charge in [0.1, 0.15) is 5.25 Å². The van der Waals surface area contributed by atoms with Crippen LogP contribution in [0, 0.1) is 0 Å². The van der Waals surface area contributed by atoms with Crippen LogP contribution in [0.25, 0.3) is 0 Å². The molecule has 3 rings (SSSR count). The Labute approximate surface area is 166 Å². The highest BCUT2D eigenvalue weighted by atomic mass is 32.2. The molecule has 0 fully saturated rings. The van der Waals surface area contributed by atoms with Crippen LogP contribution in [-0.2, 0) is 28.4 Å². The second-order valence-corrected chi connectivity index (χ2v) is 8.53. The minimum atomic E-state index is -3.75. The Morgan fingerprint density at radius 3 is 2.43 bits per heavy atom. The maximum absolute atomic E-state index is 12.9. The number of sulfonamides is 1. The van der Waals surface area contributed by atoms with Crippen molar-refractivity contribution in [3.05, 3.63) is 65.7 Å². The Hall–Kier alpha value is -2.76. The average Bonchev–Trinajstić information content (AvgIpc) is 3.09. The number of nitrogens with zero attached hydrogens (tertiary/aromatic N) is 4. The van der Waals surface area contributed by atoms with Crippen LogP contribution < -0.4 is 10.5 Å². The first kappa shape index (κ1) is 20.0. The van der Waals surface area contributed by atoms with Crippen LogP contribution >= 0.6 is 11.8 Å². The summed E-state index contributed by atoms with van der Waals surface area (Å²) in [5, 5.41) is 19.2. The van der Waals surface area contributed by atoms with E-state index in [1.165, 1.54) is 28.6 Å². The van der Waals surface area contributed by atoms with Gasteiger partial charge >= 0.3 is 0 Å². The van der Waals surface area contributed by atoms with Crippen LogP contribution in [0.4, 0.5) is 0 Å². The van der Waals surface area contributed by atoms with Gasteiger partial charge in [-0.3, -0.25) is 4.79 Å². The van der Waals surface area contributed by atoms with Crippen LogP contribution in [0.15, 0.2) is 64.6 Å². The van der Waals surface area contributed by atoms with Crippen LogP contribution in [0.5, 0.6) is 0 Å². The summed E-state index contributed by atoms with van der Waals surface area (Å²) in [6, 6.07) is 15.4. The molecule has 0 saturated carbocycles. The first-order valence-electron chi connectivity index (χ1n) is 8.18. The molecule has 2 aromatic carbocycles. The maximum atomic E-state index is 12.9. The van der Waals surface area contributed by atoms with E-state index in [1.807, 2.05) is 30.3 Å². The first-order chi connectivity index (χ1) is 13.3. The Balaban J connectivity index is 1.73. The highest BCUT2D eigenvalue weighted by molar-refractivity contribution is 8.00. The fourth-order valence-corrected chi connectivity index (χ4v) is 3.89. The number of aryl methyl sites for hydroxylation is 1. The zero-order valence-electron chi connectivity index (χ0n) is 14.9. The molecule has 1 heterocycles. The lowest BCUT2D eigenvalue weighted by Crippen LogP contribution is -2.27. The highest BCUT2D eigenvalue weighted by Crippen LogP contribution is 2.33. The van der Waals surface area contributed by atoms with Gasteiger partial charge in [-0.15, -0.1) is 5.10 Å². The molecule has 0 radical (unpaired) electrons. The molecule has 0 spiro atoms. The predicted molar refractivity (Wildman–Crippen MR) is 103 cm³/mol. The predicted octanol–water partition coefficient (Wildman–Crippen LogP) is 1.01. The summed E-state index contributed by atoms with van der Waals surface area (Å²) >= 11 is 1.24. The van der Waals surface area contributed by atoms with Crippen molar-refractivity contribution in [1.29, 1.82) is 0 Å². The van der Waals surface area contributed by atoms with Crippen LogP contribution in [0.1, 0.15) is 16.4 Å². The van der Waals surface area contributed by atoms with Crippen molar-refractivity contribution in [2.45, 2.75) is 21.8 Å². The number of carbonyl (C=O) groups is 1. The molecule has 146 valence electrons. The van der Waals surface area contributed by atoms with Crippen molar-refractivity contribution in [3.63, 3.8) is 0 Å². The van der Waals surface area contributed by atoms with Crippen molar-refractivity contribution in [2.75, 3.05) is 0 Å². The Morgan fingerprint density at radius 2 is 1.86 bits per heavy atom. The Morgan fingerprint density at radius 1 is 1.18 bits per heavy atom. The summed E-state index contributed by atoms with van der Waals surface area (Å²) in [6.45, 7) is 0.241. The standard InChI is InChI=1S/C17H18N6O3S2/c1-23-17(20-21-22-23)27-15(13-5-3-2-4-6-13)16(24)19-11-12-7-9-14(10-8-12)28(18,25)26/h2-10,15H,11H2,1H3,(H,19,24)(H2,18,25,26)/t15-/m1/s1. The smallest absolute Gasteiger partial charge is 0.238 e. The van der Waals surface area contributed by atoms with Crippen molar-refractivity contribution < 1.29 is 13.2 Å². The normalized spacial score (nSPS) is 12.5. The number of primary sulfonamides is 1. The number of tetrazole rings is 1. The van der Waals surface area contributed by atoms with Gasteiger partial charge in [0.15, 0.2) is 0 Å². The lowest BCUT2D eigenvalue weighted by molar-refractivity contribution is -0.120. The van der Waals surface area contributed by atoms with E-state index in [0.717, 1.165) is 11.1 Å². The van der Waals surface area contributed by atoms with Crippen LogP contribution in [0.2, 0.25) is 0 Å². The van der Waals surface area contributed by atoms with Crippen molar-refractivity contribution in [1.82, 2.24) is 25.5 Å². The third kappa shape index (κ3) is 4.94. The molecule has 1 amide bonds. The largest absolute Gasteiger partial charge is 0.351 e. The van der Waals surface area contributed by atoms with Gasteiger partial charge in [0.2, 0.25) is 21.1 Å². The van der Waals surface area contributed by atoms with E-state index in [2.05, 4.69) is 20.8 Å². The number of nitrogens with two attached hydrogens (primary N) is 1. The molecule has 0 aliphatic carbocycles. The second kappa shape index (κ2) is 8.50. The number of thioether (sulfide) groups is 1. The summed E-state index contributed by atoms with van der Waals surface area (Å²) in [6.07, 6.45) is 0. The lowest BCUT2D eigenvalue weighted by Gasteiger charge is -2.16. The molecule has 0 aliphatic heterocycles. The fourth-order valence-electron chi connectivity index (χ4n) is 2.41. The van der Waals surface area contributed by atoms with E-state index < -0.39 is 15.3 Å². The zero-order chi connectivity index (χ0) is 20.1. The number of hydrogen-bond donors (Lipinski definition) is 2. The molecule has 9 nitrogen and oxygen atoms in total. The minimum Gasteiger partial charge on any atom is -0.351 e. The van der Waals surface area contributed by atoms with Crippen LogP contribution in [0.3, 0.4) is 0 Å². The summed E-state index contributed by atoms with van der Waals surface area (Å²) in [7, 11) is -2.04. The Bertz CT molecular complexity index is 1050. The molecular weight excluding hydrogens is 400 g/mol. The molecule has 0 bridgehead atoms. The molecule has 3 aromatic rings. The van der Waals surface area contributed by atoms with Crippen molar-refractivity contribution >= 4 is 27.7 Å². The third-order valence-corrected chi connectivity index (χ3v) is 6.07. The van der Waals surface area contributed by atoms with Gasteiger partial charge in [-0.05, 0) is 33.7 Å². The summed E-state index contributed by atoms with van der Waals surface area (Å²) in [4.78, 5) is 12.9. The van der Waals surface area contributed by atoms with E-state index in [0.29, 0.717) is 5.16 Å². The molecule has 1 aromatic heterocycles. The average molecular weight is 419 g/mol. The molecule has 0 unspecified atom stereocenters. The van der Waals surface area contributed by atoms with Gasteiger partial charge in [0.05, 0.1) is 4.90 Å². The number of aromatic nitrogens is 4. The van der Waals surface area contributed by atoms with E-state index in [4.69, 9.17) is 5.14 Å². The van der Waals surface area contributed by atoms with Gasteiger partial charge in [-0.2, -0.15) is 0 Å². The molecule has 11 heteroatoms. The quantitative estimate of drug-likeness (QED) is 0.547. The molecule has 28 heavy (non-hydrogen) atoms. The van der Waals surface area contributed by atoms with Gasteiger partial charge in [0.25, 0.3) is 0 Å². The van der Waals surface area contributed by atoms with Gasteiger partial charge in [-0.1, -0.05) is 54.2 Å². The summed E-state index contributed by atoms with van der Waals surface area (Å²) in [5.41, 5.74) is 1.57. The number of benzene rings is 2. The number of amides is 1. The number of rotatable bonds is 7. The van der Waals surface area contributed by atoms with Gasteiger partial charge < -0.3 is 5.32 Å². The van der Waals surface area contributed by atoms with Crippen molar-refractivity contribution in [3.8, 4) is 0 Å². The zero-order valence-corrected chi connectivity index (χ0v) is 16.5. The van der Waals surface area contributed by atoms with E-state index >= 15 is 0 Å². The minimum absolute atomic E-state index is 0.0232. The second-order valence-electron chi connectivity index (χ2n) is 5.90. The van der Waals surface area contributed by atoms with E-state index in [1.54, 1.807) is 19.2 Å². The SMILES string of the molecule is Cn1nnnc1S[C@@H](C(=O)NCc1ccc(S(N)(=O)=O)cc1)c1ccccc1. The van der Waals surface area contributed by atoms with Crippen LogP contribution in [-0.4, -0.2) is 34.5 Å².